The lowest BCUT2D eigenvalue weighted by atomic mass is 10.0. The number of hydrogen-bond acceptors (Lipinski definition) is 3. The zero-order chi connectivity index (χ0) is 14.5. The van der Waals surface area contributed by atoms with Gasteiger partial charge in [0, 0.05) is 24.1 Å². The quantitative estimate of drug-likeness (QED) is 0.794. The molecule has 2 aliphatic rings. The van der Waals surface area contributed by atoms with Crippen LogP contribution < -0.4 is 10.6 Å². The highest BCUT2D eigenvalue weighted by molar-refractivity contribution is 7.09. The smallest absolute Gasteiger partial charge is 0.315 e. The third-order valence-corrected chi connectivity index (χ3v) is 5.20. The van der Waals surface area contributed by atoms with Crippen LogP contribution in [0, 0.1) is 5.92 Å². The summed E-state index contributed by atoms with van der Waals surface area (Å²) in [6, 6.07) is 4.47. The standard InChI is InChI=1S/C16H24N2O2S/c19-16(17-8-1-3-14-4-2-10-21-14)18-13-7-9-20-15(11-13)12-5-6-12/h2,4,10,12-13,15H,1,3,5-9,11H2,(H2,17,18,19)/t13-,15-/m0/s1. The normalized spacial score (nSPS) is 25.5. The van der Waals surface area contributed by atoms with E-state index in [9.17, 15) is 4.79 Å². The number of ether oxygens (including phenoxy) is 1. The van der Waals surface area contributed by atoms with Crippen LogP contribution in [0.1, 0.15) is 37.0 Å². The van der Waals surface area contributed by atoms with Gasteiger partial charge in [-0.15, -0.1) is 11.3 Å². The van der Waals surface area contributed by atoms with E-state index in [-0.39, 0.29) is 12.1 Å². The predicted molar refractivity (Wildman–Crippen MR) is 84.7 cm³/mol. The number of hydrogen-bond donors (Lipinski definition) is 2. The van der Waals surface area contributed by atoms with Crippen LogP contribution in [0.25, 0.3) is 0 Å². The summed E-state index contributed by atoms with van der Waals surface area (Å²) in [5, 5.41) is 8.16. The minimum atomic E-state index is -0.0253. The number of thiophene rings is 1. The lowest BCUT2D eigenvalue weighted by Gasteiger charge is -2.30. The van der Waals surface area contributed by atoms with Crippen molar-refractivity contribution in [2.24, 2.45) is 5.92 Å². The molecule has 0 spiro atoms. The Morgan fingerprint density at radius 2 is 2.29 bits per heavy atom. The molecule has 3 rings (SSSR count). The van der Waals surface area contributed by atoms with Gasteiger partial charge >= 0.3 is 6.03 Å². The molecule has 1 saturated carbocycles. The molecule has 2 atom stereocenters. The fourth-order valence-electron chi connectivity index (χ4n) is 2.91. The van der Waals surface area contributed by atoms with Crippen molar-refractivity contribution in [3.63, 3.8) is 0 Å². The number of carbonyl (C=O) groups excluding carboxylic acids is 1. The predicted octanol–water partition coefficient (Wildman–Crippen LogP) is 2.94. The van der Waals surface area contributed by atoms with Crippen LogP contribution in [0.3, 0.4) is 0 Å². The summed E-state index contributed by atoms with van der Waals surface area (Å²) in [5.41, 5.74) is 0. The van der Waals surface area contributed by atoms with E-state index in [1.807, 2.05) is 0 Å². The van der Waals surface area contributed by atoms with E-state index in [4.69, 9.17) is 4.74 Å². The number of rotatable bonds is 6. The van der Waals surface area contributed by atoms with E-state index >= 15 is 0 Å². The van der Waals surface area contributed by atoms with Crippen LogP contribution in [-0.2, 0) is 11.2 Å². The van der Waals surface area contributed by atoms with Crippen molar-refractivity contribution in [2.75, 3.05) is 13.2 Å². The minimum absolute atomic E-state index is 0.0253. The second-order valence-corrected chi connectivity index (χ2v) is 7.08. The lowest BCUT2D eigenvalue weighted by Crippen LogP contribution is -2.46. The third kappa shape index (κ3) is 4.71. The number of nitrogens with one attached hydrogen (secondary N) is 2. The second-order valence-electron chi connectivity index (χ2n) is 6.05. The molecule has 0 bridgehead atoms. The van der Waals surface area contributed by atoms with E-state index in [0.717, 1.165) is 44.8 Å². The molecule has 1 aliphatic carbocycles. The summed E-state index contributed by atoms with van der Waals surface area (Å²) < 4.78 is 5.78. The van der Waals surface area contributed by atoms with Crippen LogP contribution in [-0.4, -0.2) is 31.3 Å². The molecule has 1 saturated heterocycles. The molecule has 0 unspecified atom stereocenters. The highest BCUT2D eigenvalue weighted by Crippen LogP contribution is 2.38. The molecule has 0 aromatic carbocycles. The van der Waals surface area contributed by atoms with Gasteiger partial charge in [0.05, 0.1) is 6.10 Å². The van der Waals surface area contributed by atoms with E-state index in [0.29, 0.717) is 6.10 Å². The Labute approximate surface area is 130 Å². The molecule has 0 radical (unpaired) electrons. The fraction of sp³-hybridized carbons (Fsp3) is 0.688. The van der Waals surface area contributed by atoms with Crippen molar-refractivity contribution in [1.29, 1.82) is 0 Å². The average molecular weight is 308 g/mol. The Kier molecular flexibility index (Phi) is 5.14. The van der Waals surface area contributed by atoms with Gasteiger partial charge in [0.15, 0.2) is 0 Å². The van der Waals surface area contributed by atoms with Crippen LogP contribution in [0.15, 0.2) is 17.5 Å². The molecule has 2 N–H and O–H groups in total. The van der Waals surface area contributed by atoms with Crippen LogP contribution in [0.5, 0.6) is 0 Å². The van der Waals surface area contributed by atoms with E-state index in [1.165, 1.54) is 17.7 Å². The maximum atomic E-state index is 11.9. The average Bonchev–Trinajstić information content (AvgIpc) is 3.21. The molecule has 21 heavy (non-hydrogen) atoms. The van der Waals surface area contributed by atoms with E-state index in [2.05, 4.69) is 28.1 Å². The van der Waals surface area contributed by atoms with E-state index in [1.54, 1.807) is 11.3 Å². The summed E-state index contributed by atoms with van der Waals surface area (Å²) in [7, 11) is 0. The first-order valence-corrected chi connectivity index (χ1v) is 8.87. The molecule has 4 nitrogen and oxygen atoms in total. The molecular formula is C16H24N2O2S. The Balaban J connectivity index is 1.30. The summed E-state index contributed by atoms with van der Waals surface area (Å²) in [4.78, 5) is 13.3. The molecule has 2 fully saturated rings. The van der Waals surface area contributed by atoms with Crippen molar-refractivity contribution < 1.29 is 9.53 Å². The molecule has 116 valence electrons. The van der Waals surface area contributed by atoms with Crippen molar-refractivity contribution in [2.45, 2.75) is 50.7 Å². The van der Waals surface area contributed by atoms with Gasteiger partial charge in [0.1, 0.15) is 0 Å². The topological polar surface area (TPSA) is 50.4 Å². The Bertz CT molecular complexity index is 445. The molecule has 2 amide bonds. The monoisotopic (exact) mass is 308 g/mol. The summed E-state index contributed by atoms with van der Waals surface area (Å²) in [6.45, 7) is 1.52. The first-order valence-electron chi connectivity index (χ1n) is 7.99. The van der Waals surface area contributed by atoms with Gasteiger partial charge in [-0.25, -0.2) is 4.79 Å². The molecule has 5 heteroatoms. The number of carbonyl (C=O) groups is 1. The first-order chi connectivity index (χ1) is 10.3. The molecular weight excluding hydrogens is 284 g/mol. The lowest BCUT2D eigenvalue weighted by molar-refractivity contribution is -0.00913. The number of amides is 2. The van der Waals surface area contributed by atoms with Crippen molar-refractivity contribution >= 4 is 17.4 Å². The van der Waals surface area contributed by atoms with Gasteiger partial charge in [-0.2, -0.15) is 0 Å². The highest BCUT2D eigenvalue weighted by Gasteiger charge is 2.36. The van der Waals surface area contributed by atoms with Crippen molar-refractivity contribution in [3.05, 3.63) is 22.4 Å². The molecule has 1 aliphatic heterocycles. The molecule has 1 aromatic heterocycles. The second kappa shape index (κ2) is 7.27. The maximum Gasteiger partial charge on any atom is 0.315 e. The summed E-state index contributed by atoms with van der Waals surface area (Å²) >= 11 is 1.78. The zero-order valence-electron chi connectivity index (χ0n) is 12.3. The van der Waals surface area contributed by atoms with Gasteiger partial charge in [-0.05, 0) is 55.9 Å². The number of urea groups is 1. The van der Waals surface area contributed by atoms with Crippen LogP contribution in [0.2, 0.25) is 0 Å². The SMILES string of the molecule is O=C(NCCCc1cccs1)N[C@H]1CCO[C@H](C2CC2)C1. The van der Waals surface area contributed by atoms with Gasteiger partial charge < -0.3 is 15.4 Å². The van der Waals surface area contributed by atoms with Gasteiger partial charge in [0.2, 0.25) is 0 Å². The van der Waals surface area contributed by atoms with Crippen LogP contribution in [0.4, 0.5) is 4.79 Å². The van der Waals surface area contributed by atoms with E-state index < -0.39 is 0 Å². The Morgan fingerprint density at radius 3 is 3.05 bits per heavy atom. The fourth-order valence-corrected chi connectivity index (χ4v) is 3.66. The molecule has 2 heterocycles. The summed E-state index contributed by atoms with van der Waals surface area (Å²) in [5.74, 6) is 0.753. The minimum Gasteiger partial charge on any atom is -0.378 e. The highest BCUT2D eigenvalue weighted by atomic mass is 32.1. The van der Waals surface area contributed by atoms with Gasteiger partial charge in [-0.1, -0.05) is 6.07 Å². The Hall–Kier alpha value is -1.07. The summed E-state index contributed by atoms with van der Waals surface area (Å²) in [6.07, 6.45) is 6.92. The first kappa shape index (κ1) is 14.9. The van der Waals surface area contributed by atoms with Gasteiger partial charge in [-0.3, -0.25) is 0 Å². The number of aryl methyl sites for hydroxylation is 1. The van der Waals surface area contributed by atoms with Crippen molar-refractivity contribution in [1.82, 2.24) is 10.6 Å². The van der Waals surface area contributed by atoms with Gasteiger partial charge in [0.25, 0.3) is 0 Å². The largest absolute Gasteiger partial charge is 0.378 e. The zero-order valence-corrected chi connectivity index (χ0v) is 13.2. The third-order valence-electron chi connectivity index (χ3n) is 4.26. The van der Waals surface area contributed by atoms with Crippen LogP contribution >= 0.6 is 11.3 Å². The maximum absolute atomic E-state index is 11.9. The Morgan fingerprint density at radius 1 is 1.38 bits per heavy atom. The molecule has 1 aromatic rings. The van der Waals surface area contributed by atoms with Crippen molar-refractivity contribution in [3.8, 4) is 0 Å².